The van der Waals surface area contributed by atoms with Gasteiger partial charge in [-0.05, 0) is 26.2 Å². The molecule has 0 atom stereocenters. The van der Waals surface area contributed by atoms with Crippen molar-refractivity contribution in [2.45, 2.75) is 53.4 Å². The lowest BCUT2D eigenvalue weighted by atomic mass is 10.1. The summed E-state index contributed by atoms with van der Waals surface area (Å²) in [5.41, 5.74) is 1.27. The summed E-state index contributed by atoms with van der Waals surface area (Å²) < 4.78 is 0. The number of nitrogens with one attached hydrogen (secondary N) is 1. The minimum absolute atomic E-state index is 0.965. The summed E-state index contributed by atoms with van der Waals surface area (Å²) in [7, 11) is 0. The maximum atomic E-state index is 4.53. The molecule has 0 spiro atoms. The molecule has 0 saturated heterocycles. The van der Waals surface area contributed by atoms with Crippen molar-refractivity contribution in [3.63, 3.8) is 0 Å². The van der Waals surface area contributed by atoms with Gasteiger partial charge in [-0.3, -0.25) is 0 Å². The van der Waals surface area contributed by atoms with Crippen LogP contribution in [-0.4, -0.2) is 29.6 Å². The zero-order valence-electron chi connectivity index (χ0n) is 12.9. The van der Waals surface area contributed by atoms with Crippen LogP contribution < -0.4 is 10.2 Å². The third-order valence-electron chi connectivity index (χ3n) is 3.14. The lowest BCUT2D eigenvalue weighted by molar-refractivity contribution is 0.762. The van der Waals surface area contributed by atoms with Crippen LogP contribution in [0.25, 0.3) is 0 Å². The average molecular weight is 264 g/mol. The van der Waals surface area contributed by atoms with Gasteiger partial charge in [-0.15, -0.1) is 0 Å². The smallest absolute Gasteiger partial charge is 0.137 e. The van der Waals surface area contributed by atoms with E-state index in [0.717, 1.165) is 57.0 Å². The minimum atomic E-state index is 0.965. The first-order valence-electron chi connectivity index (χ1n) is 7.61. The molecule has 0 radical (unpaired) electrons. The van der Waals surface area contributed by atoms with Gasteiger partial charge in [0.2, 0.25) is 0 Å². The van der Waals surface area contributed by atoms with E-state index in [1.165, 1.54) is 5.56 Å². The van der Waals surface area contributed by atoms with Crippen LogP contribution >= 0.6 is 0 Å². The molecular weight excluding hydrogens is 236 g/mol. The molecule has 4 heteroatoms. The van der Waals surface area contributed by atoms with Gasteiger partial charge >= 0.3 is 0 Å². The predicted molar refractivity (Wildman–Crippen MR) is 83.0 cm³/mol. The highest BCUT2D eigenvalue weighted by atomic mass is 15.2. The second-order valence-electron chi connectivity index (χ2n) is 4.78. The molecule has 0 amide bonds. The molecule has 1 N–H and O–H groups in total. The highest BCUT2D eigenvalue weighted by Gasteiger charge is 2.14. The van der Waals surface area contributed by atoms with Gasteiger partial charge in [-0.25, -0.2) is 9.97 Å². The third-order valence-corrected chi connectivity index (χ3v) is 3.14. The Morgan fingerprint density at radius 2 is 1.84 bits per heavy atom. The van der Waals surface area contributed by atoms with Crippen molar-refractivity contribution in [1.82, 2.24) is 9.97 Å². The van der Waals surface area contributed by atoms with E-state index >= 15 is 0 Å². The van der Waals surface area contributed by atoms with Crippen molar-refractivity contribution in [2.24, 2.45) is 0 Å². The van der Waals surface area contributed by atoms with Gasteiger partial charge in [0.1, 0.15) is 18.0 Å². The molecule has 0 aliphatic heterocycles. The molecule has 1 aromatic rings. The fraction of sp³-hybridized carbons (Fsp3) is 0.733. The summed E-state index contributed by atoms with van der Waals surface area (Å²) in [4.78, 5) is 11.3. The minimum Gasteiger partial charge on any atom is -0.370 e. The first-order valence-corrected chi connectivity index (χ1v) is 7.61. The second kappa shape index (κ2) is 8.73. The molecule has 0 saturated carbocycles. The third kappa shape index (κ3) is 4.37. The molecule has 0 aliphatic carbocycles. The van der Waals surface area contributed by atoms with Gasteiger partial charge in [0.05, 0.1) is 0 Å². The average Bonchev–Trinajstić information content (AvgIpc) is 2.44. The number of rotatable bonds is 9. The van der Waals surface area contributed by atoms with Crippen molar-refractivity contribution in [1.29, 1.82) is 0 Å². The summed E-state index contributed by atoms with van der Waals surface area (Å²) in [6, 6.07) is 0. The molecule has 1 heterocycles. The van der Waals surface area contributed by atoms with E-state index in [4.69, 9.17) is 0 Å². The van der Waals surface area contributed by atoms with E-state index in [1.54, 1.807) is 6.33 Å². The van der Waals surface area contributed by atoms with E-state index in [9.17, 15) is 0 Å². The maximum Gasteiger partial charge on any atom is 0.137 e. The van der Waals surface area contributed by atoms with Crippen molar-refractivity contribution in [3.05, 3.63) is 11.9 Å². The van der Waals surface area contributed by atoms with Crippen molar-refractivity contribution >= 4 is 11.6 Å². The monoisotopic (exact) mass is 264 g/mol. The highest BCUT2D eigenvalue weighted by molar-refractivity contribution is 5.58. The Morgan fingerprint density at radius 3 is 2.42 bits per heavy atom. The van der Waals surface area contributed by atoms with Crippen LogP contribution in [0.4, 0.5) is 11.6 Å². The summed E-state index contributed by atoms with van der Waals surface area (Å²) in [6.07, 6.45) is 6.08. The van der Waals surface area contributed by atoms with Crippen LogP contribution in [-0.2, 0) is 6.42 Å². The van der Waals surface area contributed by atoms with Crippen molar-refractivity contribution < 1.29 is 0 Å². The highest BCUT2D eigenvalue weighted by Crippen LogP contribution is 2.25. The predicted octanol–water partition coefficient (Wildman–Crippen LogP) is 3.49. The standard InChI is InChI=1S/C15H28N4/c1-5-9-13-14(16-10-6-2)17-12-18-15(13)19(8-4)11-7-3/h12H,5-11H2,1-4H3,(H,16,17,18). The Hall–Kier alpha value is -1.32. The SMILES string of the molecule is CCCNc1ncnc(N(CC)CCC)c1CCC. The van der Waals surface area contributed by atoms with E-state index in [0.29, 0.717) is 0 Å². The van der Waals surface area contributed by atoms with E-state index in [1.807, 2.05) is 0 Å². The first kappa shape index (κ1) is 15.7. The fourth-order valence-corrected chi connectivity index (χ4v) is 2.24. The second-order valence-corrected chi connectivity index (χ2v) is 4.78. The quantitative estimate of drug-likeness (QED) is 0.741. The van der Waals surface area contributed by atoms with Crippen LogP contribution in [0.2, 0.25) is 0 Å². The van der Waals surface area contributed by atoms with Gasteiger partial charge in [0, 0.05) is 25.2 Å². The molecule has 19 heavy (non-hydrogen) atoms. The Balaban J connectivity index is 3.06. The molecule has 0 bridgehead atoms. The number of hydrogen-bond acceptors (Lipinski definition) is 4. The normalized spacial score (nSPS) is 10.5. The number of hydrogen-bond donors (Lipinski definition) is 1. The zero-order chi connectivity index (χ0) is 14.1. The number of anilines is 2. The molecule has 0 aromatic carbocycles. The molecule has 1 aromatic heterocycles. The Labute approximate surface area is 117 Å². The molecular formula is C15H28N4. The number of aromatic nitrogens is 2. The van der Waals surface area contributed by atoms with Crippen LogP contribution in [0, 0.1) is 0 Å². The summed E-state index contributed by atoms with van der Waals surface area (Å²) in [6.45, 7) is 11.8. The molecule has 0 fully saturated rings. The number of nitrogens with zero attached hydrogens (tertiary/aromatic N) is 3. The van der Waals surface area contributed by atoms with Gasteiger partial charge in [0.15, 0.2) is 0 Å². The zero-order valence-corrected chi connectivity index (χ0v) is 12.9. The molecule has 1 rings (SSSR count). The fourth-order valence-electron chi connectivity index (χ4n) is 2.24. The molecule has 108 valence electrons. The van der Waals surface area contributed by atoms with E-state index < -0.39 is 0 Å². The summed E-state index contributed by atoms with van der Waals surface area (Å²) in [5.74, 6) is 2.13. The lowest BCUT2D eigenvalue weighted by Gasteiger charge is -2.25. The van der Waals surface area contributed by atoms with Gasteiger partial charge in [-0.1, -0.05) is 27.2 Å². The van der Waals surface area contributed by atoms with Crippen LogP contribution in [0.15, 0.2) is 6.33 Å². The van der Waals surface area contributed by atoms with Gasteiger partial charge in [-0.2, -0.15) is 0 Å². The first-order chi connectivity index (χ1) is 9.28. The van der Waals surface area contributed by atoms with E-state index in [2.05, 4.69) is 47.9 Å². The molecule has 4 nitrogen and oxygen atoms in total. The van der Waals surface area contributed by atoms with Crippen LogP contribution in [0.1, 0.15) is 52.5 Å². The Bertz CT molecular complexity index is 365. The van der Waals surface area contributed by atoms with Crippen molar-refractivity contribution in [3.8, 4) is 0 Å². The largest absolute Gasteiger partial charge is 0.370 e. The Morgan fingerprint density at radius 1 is 1.05 bits per heavy atom. The summed E-state index contributed by atoms with van der Waals surface area (Å²) in [5, 5.41) is 3.43. The van der Waals surface area contributed by atoms with Gasteiger partial charge in [0.25, 0.3) is 0 Å². The lowest BCUT2D eigenvalue weighted by Crippen LogP contribution is -2.26. The molecule has 0 unspecified atom stereocenters. The van der Waals surface area contributed by atoms with Gasteiger partial charge < -0.3 is 10.2 Å². The van der Waals surface area contributed by atoms with Crippen LogP contribution in [0.3, 0.4) is 0 Å². The van der Waals surface area contributed by atoms with Crippen molar-refractivity contribution in [2.75, 3.05) is 29.9 Å². The summed E-state index contributed by atoms with van der Waals surface area (Å²) >= 11 is 0. The van der Waals surface area contributed by atoms with E-state index in [-0.39, 0.29) is 0 Å². The van der Waals surface area contributed by atoms with Crippen LogP contribution in [0.5, 0.6) is 0 Å². The Kier molecular flexibility index (Phi) is 7.23. The maximum absolute atomic E-state index is 4.53. The molecule has 0 aliphatic rings. The topological polar surface area (TPSA) is 41.1 Å².